The summed E-state index contributed by atoms with van der Waals surface area (Å²) in [6.45, 7) is 5.38. The molecular formula is C21H24N4O3. The van der Waals surface area contributed by atoms with Gasteiger partial charge in [-0.2, -0.15) is 0 Å². The largest absolute Gasteiger partial charge is 0.450 e. The highest BCUT2D eigenvalue weighted by Crippen LogP contribution is 2.29. The molecule has 0 saturated carbocycles. The van der Waals surface area contributed by atoms with Crippen molar-refractivity contribution in [1.29, 1.82) is 0 Å². The summed E-state index contributed by atoms with van der Waals surface area (Å²) in [7, 11) is 0. The smallest absolute Gasteiger partial charge is 0.409 e. The van der Waals surface area contributed by atoms with Crippen LogP contribution in [0.5, 0.6) is 0 Å². The van der Waals surface area contributed by atoms with Crippen LogP contribution in [0, 0.1) is 0 Å². The quantitative estimate of drug-likeness (QED) is 0.819. The number of para-hydroxylation sites is 1. The van der Waals surface area contributed by atoms with Gasteiger partial charge in [0.05, 0.1) is 6.61 Å². The van der Waals surface area contributed by atoms with Crippen molar-refractivity contribution in [2.45, 2.75) is 13.3 Å². The van der Waals surface area contributed by atoms with Crippen molar-refractivity contribution < 1.29 is 14.3 Å². The Bertz CT molecular complexity index is 877. The van der Waals surface area contributed by atoms with E-state index in [1.165, 1.54) is 5.56 Å². The first-order valence-corrected chi connectivity index (χ1v) is 9.70. The van der Waals surface area contributed by atoms with Crippen LogP contribution in [0.1, 0.15) is 22.8 Å². The Morgan fingerprint density at radius 2 is 1.86 bits per heavy atom. The van der Waals surface area contributed by atoms with Crippen LogP contribution in [0.25, 0.3) is 0 Å². The van der Waals surface area contributed by atoms with Gasteiger partial charge >= 0.3 is 6.09 Å². The Balaban J connectivity index is 1.46. The zero-order valence-electron chi connectivity index (χ0n) is 16.0. The van der Waals surface area contributed by atoms with E-state index in [2.05, 4.69) is 16.0 Å². The molecule has 0 unspecified atom stereocenters. The highest BCUT2D eigenvalue weighted by atomic mass is 16.6. The summed E-state index contributed by atoms with van der Waals surface area (Å²) in [5, 5.41) is 0. The molecule has 7 heteroatoms. The molecular weight excluding hydrogens is 356 g/mol. The molecule has 4 rings (SSSR count). The lowest BCUT2D eigenvalue weighted by atomic mass is 10.1. The minimum Gasteiger partial charge on any atom is -0.450 e. The van der Waals surface area contributed by atoms with Crippen LogP contribution < -0.4 is 9.80 Å². The molecule has 2 aliphatic rings. The molecule has 1 aromatic carbocycles. The molecule has 146 valence electrons. The van der Waals surface area contributed by atoms with Gasteiger partial charge in [-0.05, 0) is 37.1 Å². The van der Waals surface area contributed by atoms with Crippen LogP contribution >= 0.6 is 0 Å². The normalized spacial score (nSPS) is 16.1. The van der Waals surface area contributed by atoms with Gasteiger partial charge in [-0.25, -0.2) is 9.78 Å². The number of nitrogens with zero attached hydrogens (tertiary/aromatic N) is 4. The molecule has 1 aromatic heterocycles. The SMILES string of the molecule is CCOC(=O)N1CCN(c2cc(C(=O)N3CCc4ccccc43)ccn2)CC1. The van der Waals surface area contributed by atoms with Crippen LogP contribution in [0.15, 0.2) is 42.6 Å². The Morgan fingerprint density at radius 3 is 2.64 bits per heavy atom. The monoisotopic (exact) mass is 380 g/mol. The van der Waals surface area contributed by atoms with Gasteiger partial charge in [0.2, 0.25) is 0 Å². The van der Waals surface area contributed by atoms with Crippen LogP contribution in [0.2, 0.25) is 0 Å². The van der Waals surface area contributed by atoms with Crippen LogP contribution in [0.3, 0.4) is 0 Å². The number of piperazine rings is 1. The first-order chi connectivity index (χ1) is 13.7. The predicted molar refractivity (Wildman–Crippen MR) is 107 cm³/mol. The average molecular weight is 380 g/mol. The third-order valence-corrected chi connectivity index (χ3v) is 5.25. The molecule has 0 aliphatic carbocycles. The number of fused-ring (bicyclic) bond motifs is 1. The maximum absolute atomic E-state index is 13.1. The Kier molecular flexibility index (Phi) is 5.14. The van der Waals surface area contributed by atoms with Crippen molar-refractivity contribution in [3.05, 3.63) is 53.7 Å². The molecule has 0 spiro atoms. The molecule has 1 saturated heterocycles. The second-order valence-electron chi connectivity index (χ2n) is 6.91. The van der Waals surface area contributed by atoms with E-state index in [1.54, 1.807) is 24.1 Å². The lowest BCUT2D eigenvalue weighted by Crippen LogP contribution is -2.49. The van der Waals surface area contributed by atoms with Crippen molar-refractivity contribution in [2.24, 2.45) is 0 Å². The number of carbonyl (C=O) groups is 2. The van der Waals surface area contributed by atoms with E-state index in [0.717, 1.165) is 17.9 Å². The Morgan fingerprint density at radius 1 is 1.07 bits per heavy atom. The second-order valence-corrected chi connectivity index (χ2v) is 6.91. The van der Waals surface area contributed by atoms with E-state index >= 15 is 0 Å². The highest BCUT2D eigenvalue weighted by Gasteiger charge is 2.27. The van der Waals surface area contributed by atoms with E-state index < -0.39 is 0 Å². The van der Waals surface area contributed by atoms with Crippen molar-refractivity contribution in [2.75, 3.05) is 49.1 Å². The number of carbonyl (C=O) groups excluding carboxylic acids is 2. The number of ether oxygens (including phenoxy) is 1. The number of aromatic nitrogens is 1. The molecule has 3 heterocycles. The Hall–Kier alpha value is -3.09. The van der Waals surface area contributed by atoms with Crippen LogP contribution in [-0.2, 0) is 11.2 Å². The van der Waals surface area contributed by atoms with Gasteiger partial charge in [0.1, 0.15) is 5.82 Å². The molecule has 0 atom stereocenters. The summed E-state index contributed by atoms with van der Waals surface area (Å²) in [6.07, 6.45) is 2.30. The van der Waals surface area contributed by atoms with Gasteiger partial charge < -0.3 is 19.4 Å². The van der Waals surface area contributed by atoms with E-state index in [-0.39, 0.29) is 12.0 Å². The summed E-state index contributed by atoms with van der Waals surface area (Å²) in [4.78, 5) is 35.0. The van der Waals surface area contributed by atoms with Gasteiger partial charge in [0.25, 0.3) is 5.91 Å². The number of pyridine rings is 1. The molecule has 1 fully saturated rings. The maximum atomic E-state index is 13.1. The van der Waals surface area contributed by atoms with Crippen molar-refractivity contribution in [3.63, 3.8) is 0 Å². The second kappa shape index (κ2) is 7.88. The molecule has 0 N–H and O–H groups in total. The number of amides is 2. The molecule has 2 aromatic rings. The molecule has 2 aliphatic heterocycles. The zero-order chi connectivity index (χ0) is 19.5. The first kappa shape index (κ1) is 18.3. The lowest BCUT2D eigenvalue weighted by molar-refractivity contribution is 0.0989. The van der Waals surface area contributed by atoms with Gasteiger partial charge in [-0.1, -0.05) is 18.2 Å². The van der Waals surface area contributed by atoms with E-state index in [0.29, 0.717) is 44.9 Å². The third kappa shape index (κ3) is 3.52. The molecule has 28 heavy (non-hydrogen) atoms. The molecule has 0 radical (unpaired) electrons. The van der Waals surface area contributed by atoms with Crippen LogP contribution in [0.4, 0.5) is 16.3 Å². The van der Waals surface area contributed by atoms with Gasteiger partial charge in [0.15, 0.2) is 0 Å². The minimum atomic E-state index is -0.272. The predicted octanol–water partition coefficient (Wildman–Crippen LogP) is 2.56. The summed E-state index contributed by atoms with van der Waals surface area (Å²) >= 11 is 0. The lowest BCUT2D eigenvalue weighted by Gasteiger charge is -2.34. The summed E-state index contributed by atoms with van der Waals surface area (Å²) in [5.74, 6) is 0.764. The first-order valence-electron chi connectivity index (χ1n) is 9.70. The fourth-order valence-electron chi connectivity index (χ4n) is 3.76. The van der Waals surface area contributed by atoms with Crippen LogP contribution in [-0.4, -0.2) is 61.2 Å². The summed E-state index contributed by atoms with van der Waals surface area (Å²) < 4.78 is 5.06. The van der Waals surface area contributed by atoms with Gasteiger partial charge in [-0.15, -0.1) is 0 Å². The fraction of sp³-hybridized carbons (Fsp3) is 0.381. The van der Waals surface area contributed by atoms with Gasteiger partial charge in [0, 0.05) is 50.2 Å². The Labute approximate surface area is 164 Å². The van der Waals surface area contributed by atoms with E-state index in [1.807, 2.05) is 29.2 Å². The number of benzene rings is 1. The fourth-order valence-corrected chi connectivity index (χ4v) is 3.76. The number of rotatable bonds is 3. The highest BCUT2D eigenvalue weighted by molar-refractivity contribution is 6.07. The maximum Gasteiger partial charge on any atom is 0.409 e. The summed E-state index contributed by atoms with van der Waals surface area (Å²) in [5.41, 5.74) is 2.84. The van der Waals surface area contributed by atoms with Crippen molar-refractivity contribution in [3.8, 4) is 0 Å². The topological polar surface area (TPSA) is 66.0 Å². The zero-order valence-corrected chi connectivity index (χ0v) is 16.0. The molecule has 2 amide bonds. The standard InChI is InChI=1S/C21H24N4O3/c1-2-28-21(27)24-13-11-23(12-14-24)19-15-17(7-9-22-19)20(26)25-10-8-16-5-3-4-6-18(16)25/h3-7,9,15H,2,8,10-14H2,1H3. The molecule has 0 bridgehead atoms. The summed E-state index contributed by atoms with van der Waals surface area (Å²) in [6, 6.07) is 11.7. The average Bonchev–Trinajstić information content (AvgIpc) is 3.18. The third-order valence-electron chi connectivity index (χ3n) is 5.25. The van der Waals surface area contributed by atoms with Crippen molar-refractivity contribution >= 4 is 23.5 Å². The van der Waals surface area contributed by atoms with E-state index in [4.69, 9.17) is 4.74 Å². The number of anilines is 2. The van der Waals surface area contributed by atoms with Crippen molar-refractivity contribution in [1.82, 2.24) is 9.88 Å². The minimum absolute atomic E-state index is 0.00115. The molecule has 7 nitrogen and oxygen atoms in total. The number of hydrogen-bond acceptors (Lipinski definition) is 5. The number of hydrogen-bond donors (Lipinski definition) is 0. The van der Waals surface area contributed by atoms with Gasteiger partial charge in [-0.3, -0.25) is 4.79 Å². The van der Waals surface area contributed by atoms with E-state index in [9.17, 15) is 9.59 Å².